The van der Waals surface area contributed by atoms with Crippen molar-refractivity contribution in [3.8, 4) is 0 Å². The van der Waals surface area contributed by atoms with Gasteiger partial charge in [0, 0.05) is 23.6 Å². The minimum Gasteiger partial charge on any atom is -0.396 e. The number of rotatable bonds is 4. The number of amides is 2. The number of nitrogens with two attached hydrogens (primary N) is 1. The second kappa shape index (κ2) is 9.53. The third kappa shape index (κ3) is 5.30. The lowest BCUT2D eigenvalue weighted by molar-refractivity contribution is -0.115. The second-order valence-electron chi connectivity index (χ2n) is 6.31. The smallest absolute Gasteiger partial charge is 0.290 e. The molecular formula is C20H23N3O2S2. The van der Waals surface area contributed by atoms with Crippen molar-refractivity contribution in [3.05, 3.63) is 52.1 Å². The summed E-state index contributed by atoms with van der Waals surface area (Å²) in [5.74, 6) is -0.319. The Morgan fingerprint density at radius 2 is 1.96 bits per heavy atom. The number of fused-ring (bicyclic) bond motifs is 1. The van der Waals surface area contributed by atoms with Gasteiger partial charge in [0.05, 0.1) is 10.4 Å². The molecule has 0 bridgehead atoms. The Hall–Kier alpha value is -2.38. The van der Waals surface area contributed by atoms with E-state index in [-0.39, 0.29) is 11.1 Å². The molecular weight excluding hydrogens is 378 g/mol. The van der Waals surface area contributed by atoms with Crippen molar-refractivity contribution in [1.82, 2.24) is 9.88 Å². The molecule has 0 radical (unpaired) electrons. The highest BCUT2D eigenvalue weighted by Gasteiger charge is 2.25. The van der Waals surface area contributed by atoms with Gasteiger partial charge in [-0.1, -0.05) is 35.5 Å². The van der Waals surface area contributed by atoms with Gasteiger partial charge in [-0.05, 0) is 62.7 Å². The molecule has 1 aliphatic heterocycles. The number of thiocarbonyl (C=S) groups is 1. The van der Waals surface area contributed by atoms with Crippen molar-refractivity contribution in [2.24, 2.45) is 5.73 Å². The number of aromatic nitrogens is 1. The van der Waals surface area contributed by atoms with E-state index in [0.717, 1.165) is 46.7 Å². The maximum Gasteiger partial charge on any atom is 0.290 e. The van der Waals surface area contributed by atoms with Crippen LogP contribution in [-0.2, 0) is 11.3 Å². The lowest BCUT2D eigenvalue weighted by Crippen LogP contribution is -2.17. The average Bonchev–Trinajstić information content (AvgIpc) is 3.17. The summed E-state index contributed by atoms with van der Waals surface area (Å²) in [6.45, 7) is 7.37. The standard InChI is InChI=1S/C19H20N2O2S.CH3NS/c1-12(2)13(3)7-9-21-10-8-15-14(5-4-6-16(15)21)11-17-18(22)20-19(23)24-17;2-1-3/h4-6,8,10-11H,7,9H2,1-3H3,(H,20,22,23);1H,(H2,2,3)/b17-11-;. The summed E-state index contributed by atoms with van der Waals surface area (Å²) in [5, 5.41) is 3.07. The number of aryl methyl sites for hydroxylation is 1. The van der Waals surface area contributed by atoms with Crippen LogP contribution in [-0.4, -0.2) is 21.2 Å². The molecule has 3 rings (SSSR count). The number of carbonyl (C=O) groups excluding carboxylic acids is 2. The molecule has 142 valence electrons. The summed E-state index contributed by atoms with van der Waals surface area (Å²) in [6.07, 6.45) is 4.89. The van der Waals surface area contributed by atoms with E-state index in [1.165, 1.54) is 11.1 Å². The molecule has 1 aliphatic rings. The van der Waals surface area contributed by atoms with Gasteiger partial charge < -0.3 is 10.3 Å². The molecule has 0 unspecified atom stereocenters. The highest BCUT2D eigenvalue weighted by molar-refractivity contribution is 8.18. The number of allylic oxidation sites excluding steroid dienone is 2. The van der Waals surface area contributed by atoms with Crippen LogP contribution >= 0.6 is 24.0 Å². The van der Waals surface area contributed by atoms with E-state index in [1.807, 2.05) is 12.1 Å². The van der Waals surface area contributed by atoms with Gasteiger partial charge in [0.15, 0.2) is 0 Å². The summed E-state index contributed by atoms with van der Waals surface area (Å²) < 4.78 is 2.23. The lowest BCUT2D eigenvalue weighted by Gasteiger charge is -2.08. The first-order valence-electron chi connectivity index (χ1n) is 8.48. The number of benzene rings is 1. The van der Waals surface area contributed by atoms with Crippen molar-refractivity contribution in [3.63, 3.8) is 0 Å². The molecule has 2 heterocycles. The van der Waals surface area contributed by atoms with Crippen LogP contribution in [0.25, 0.3) is 17.0 Å². The summed E-state index contributed by atoms with van der Waals surface area (Å²) in [5.41, 5.74) is 10.5. The van der Waals surface area contributed by atoms with Gasteiger partial charge in [-0.15, -0.1) is 0 Å². The van der Waals surface area contributed by atoms with Gasteiger partial charge in [0.1, 0.15) is 0 Å². The number of nitrogens with zero attached hydrogens (tertiary/aromatic N) is 1. The quantitative estimate of drug-likeness (QED) is 0.444. The summed E-state index contributed by atoms with van der Waals surface area (Å²) in [7, 11) is 0. The van der Waals surface area contributed by atoms with Crippen molar-refractivity contribution >= 4 is 57.6 Å². The maximum atomic E-state index is 11.7. The van der Waals surface area contributed by atoms with Crippen LogP contribution in [0.5, 0.6) is 0 Å². The minimum absolute atomic E-state index is 0.312. The van der Waals surface area contributed by atoms with Crippen molar-refractivity contribution in [2.45, 2.75) is 33.7 Å². The van der Waals surface area contributed by atoms with Crippen LogP contribution in [0.2, 0.25) is 0 Å². The fourth-order valence-corrected chi connectivity index (χ4v) is 3.34. The highest BCUT2D eigenvalue weighted by Crippen LogP contribution is 2.29. The summed E-state index contributed by atoms with van der Waals surface area (Å²) in [4.78, 5) is 23.5. The molecule has 0 spiro atoms. The first-order chi connectivity index (χ1) is 12.9. The van der Waals surface area contributed by atoms with Gasteiger partial charge in [0.25, 0.3) is 11.1 Å². The highest BCUT2D eigenvalue weighted by atomic mass is 32.2. The normalized spacial score (nSPS) is 14.7. The number of nitrogens with one attached hydrogen (secondary N) is 1. The minimum atomic E-state index is -0.319. The van der Waals surface area contributed by atoms with Crippen LogP contribution in [0, 0.1) is 0 Å². The molecule has 0 atom stereocenters. The Labute approximate surface area is 168 Å². The van der Waals surface area contributed by atoms with E-state index in [2.05, 4.69) is 66.9 Å². The van der Waals surface area contributed by atoms with Gasteiger partial charge in [-0.2, -0.15) is 0 Å². The second-order valence-corrected chi connectivity index (χ2v) is 7.59. The molecule has 27 heavy (non-hydrogen) atoms. The van der Waals surface area contributed by atoms with Crippen LogP contribution in [0.4, 0.5) is 4.79 Å². The zero-order valence-electron chi connectivity index (χ0n) is 15.6. The average molecular weight is 402 g/mol. The molecule has 5 nitrogen and oxygen atoms in total. The predicted molar refractivity (Wildman–Crippen MR) is 118 cm³/mol. The Bertz CT molecular complexity index is 938. The fraction of sp³-hybridized carbons (Fsp3) is 0.250. The fourth-order valence-electron chi connectivity index (χ4n) is 2.67. The maximum absolute atomic E-state index is 11.7. The topological polar surface area (TPSA) is 77.1 Å². The molecule has 7 heteroatoms. The first kappa shape index (κ1) is 20.9. The van der Waals surface area contributed by atoms with E-state index in [4.69, 9.17) is 0 Å². The molecule has 0 aliphatic carbocycles. The molecule has 1 aromatic carbocycles. The number of hydrogen-bond donors (Lipinski definition) is 2. The predicted octanol–water partition coefficient (Wildman–Crippen LogP) is 4.61. The molecule has 2 amide bonds. The van der Waals surface area contributed by atoms with E-state index < -0.39 is 0 Å². The zero-order valence-corrected chi connectivity index (χ0v) is 17.2. The van der Waals surface area contributed by atoms with E-state index >= 15 is 0 Å². The van der Waals surface area contributed by atoms with Gasteiger partial charge in [0.2, 0.25) is 0 Å². The number of hydrogen-bond acceptors (Lipinski definition) is 4. The SMILES string of the molecule is CC(C)=C(C)CCn1ccc2c(/C=C3\SC(=O)NC3=O)cccc21.NC=S. The third-order valence-electron chi connectivity index (χ3n) is 4.36. The number of thioether (sulfide) groups is 1. The van der Waals surface area contributed by atoms with Crippen LogP contribution in [0.1, 0.15) is 32.8 Å². The zero-order chi connectivity index (χ0) is 20.0. The Kier molecular flexibility index (Phi) is 7.38. The Balaban J connectivity index is 0.000000817. The molecule has 1 aromatic heterocycles. The van der Waals surface area contributed by atoms with Crippen LogP contribution in [0.15, 0.2) is 46.5 Å². The monoisotopic (exact) mass is 401 g/mol. The summed E-state index contributed by atoms with van der Waals surface area (Å²) in [6, 6.07) is 8.11. The molecule has 1 fully saturated rings. The van der Waals surface area contributed by atoms with Crippen LogP contribution < -0.4 is 11.1 Å². The van der Waals surface area contributed by atoms with Crippen molar-refractivity contribution in [1.29, 1.82) is 0 Å². The largest absolute Gasteiger partial charge is 0.396 e. The van der Waals surface area contributed by atoms with Crippen molar-refractivity contribution in [2.75, 3.05) is 0 Å². The lowest BCUT2D eigenvalue weighted by atomic mass is 10.1. The number of imide groups is 1. The van der Waals surface area contributed by atoms with E-state index in [1.54, 1.807) is 6.08 Å². The molecule has 1 saturated heterocycles. The molecule has 0 saturated carbocycles. The first-order valence-corrected chi connectivity index (χ1v) is 9.77. The molecule has 2 aromatic rings. The van der Waals surface area contributed by atoms with Crippen molar-refractivity contribution < 1.29 is 9.59 Å². The van der Waals surface area contributed by atoms with Gasteiger partial charge in [-0.25, -0.2) is 0 Å². The van der Waals surface area contributed by atoms with Crippen LogP contribution in [0.3, 0.4) is 0 Å². The third-order valence-corrected chi connectivity index (χ3v) is 5.17. The van der Waals surface area contributed by atoms with E-state index in [9.17, 15) is 9.59 Å². The van der Waals surface area contributed by atoms with Gasteiger partial charge in [-0.3, -0.25) is 14.9 Å². The Morgan fingerprint density at radius 3 is 2.56 bits per heavy atom. The van der Waals surface area contributed by atoms with E-state index in [0.29, 0.717) is 4.91 Å². The Morgan fingerprint density at radius 1 is 1.26 bits per heavy atom. The number of carbonyl (C=O) groups is 2. The van der Waals surface area contributed by atoms with Gasteiger partial charge >= 0.3 is 0 Å². The molecule has 3 N–H and O–H groups in total. The summed E-state index contributed by atoms with van der Waals surface area (Å²) >= 11 is 5.00.